The van der Waals surface area contributed by atoms with Gasteiger partial charge in [0.1, 0.15) is 0 Å². The maximum Gasteiger partial charge on any atom is 0.155 e. The van der Waals surface area contributed by atoms with Crippen molar-refractivity contribution in [2.24, 2.45) is 0 Å². The number of likely N-dealkylation sites (tertiary alicyclic amines) is 1. The Morgan fingerprint density at radius 2 is 2.07 bits per heavy atom. The van der Waals surface area contributed by atoms with Crippen LogP contribution in [0.3, 0.4) is 0 Å². The van der Waals surface area contributed by atoms with Crippen molar-refractivity contribution in [1.82, 2.24) is 4.90 Å². The van der Waals surface area contributed by atoms with Crippen LogP contribution in [0.15, 0.2) is 24.3 Å². The molecule has 0 aromatic heterocycles. The Labute approximate surface area is 84.5 Å². The summed E-state index contributed by atoms with van der Waals surface area (Å²) in [7, 11) is 2.02. The number of ketones is 1. The lowest BCUT2D eigenvalue weighted by Crippen LogP contribution is -2.21. The molecule has 1 atom stereocenters. The van der Waals surface area contributed by atoms with E-state index in [1.807, 2.05) is 19.2 Å². The van der Waals surface area contributed by atoms with Gasteiger partial charge < -0.3 is 0 Å². The van der Waals surface area contributed by atoms with Gasteiger partial charge in [-0.15, -0.1) is 0 Å². The molecule has 1 aromatic rings. The highest BCUT2D eigenvalue weighted by Crippen LogP contribution is 2.29. The van der Waals surface area contributed by atoms with Gasteiger partial charge in [0.15, 0.2) is 5.78 Å². The molecule has 1 aliphatic rings. The summed E-state index contributed by atoms with van der Waals surface area (Å²) < 4.78 is 0. The van der Waals surface area contributed by atoms with Crippen LogP contribution in [-0.4, -0.2) is 24.3 Å². The van der Waals surface area contributed by atoms with Crippen LogP contribution in [0.5, 0.6) is 0 Å². The molecule has 0 N–H and O–H groups in total. The lowest BCUT2D eigenvalue weighted by atomic mass is 9.99. The van der Waals surface area contributed by atoms with Crippen LogP contribution < -0.4 is 0 Å². The highest BCUT2D eigenvalue weighted by molar-refractivity contribution is 5.87. The molecule has 1 aliphatic heterocycles. The number of likely N-dealkylation sites (N-methyl/N-ethyl adjacent to an activating group) is 1. The zero-order valence-electron chi connectivity index (χ0n) is 8.66. The predicted molar refractivity (Wildman–Crippen MR) is 56.2 cm³/mol. The fraction of sp³-hybridized carbons (Fsp3) is 0.417. The van der Waals surface area contributed by atoms with Gasteiger partial charge in [0.2, 0.25) is 0 Å². The molecule has 1 unspecified atom stereocenters. The van der Waals surface area contributed by atoms with Crippen molar-refractivity contribution in [2.75, 3.05) is 13.6 Å². The summed E-state index contributed by atoms with van der Waals surface area (Å²) in [6.45, 7) is 2.95. The van der Waals surface area contributed by atoms with Gasteiger partial charge in [0.05, 0.1) is 6.04 Å². The molecule has 1 heterocycles. The van der Waals surface area contributed by atoms with Crippen molar-refractivity contribution in [3.05, 3.63) is 35.4 Å². The molecule has 0 bridgehead atoms. The third kappa shape index (κ3) is 1.46. The topological polar surface area (TPSA) is 20.3 Å². The number of carbonyl (C=O) groups excluding carboxylic acids is 1. The number of nitrogens with zero attached hydrogens (tertiary/aromatic N) is 1. The summed E-state index contributed by atoms with van der Waals surface area (Å²) in [5.74, 6) is 0.349. The SMILES string of the molecule is Cc1ccccc1C1C(=O)CCN1C. The minimum atomic E-state index is -0.00352. The molecule has 1 aromatic carbocycles. The van der Waals surface area contributed by atoms with Crippen molar-refractivity contribution < 1.29 is 4.79 Å². The van der Waals surface area contributed by atoms with Crippen LogP contribution in [0, 0.1) is 6.92 Å². The summed E-state index contributed by atoms with van der Waals surface area (Å²) in [5, 5.41) is 0. The molecular weight excluding hydrogens is 174 g/mol. The smallest absolute Gasteiger partial charge is 0.155 e. The molecule has 2 nitrogen and oxygen atoms in total. The molecule has 74 valence electrons. The molecule has 2 heteroatoms. The van der Waals surface area contributed by atoms with Gasteiger partial charge in [-0.25, -0.2) is 0 Å². The van der Waals surface area contributed by atoms with E-state index in [4.69, 9.17) is 0 Å². The second-order valence-corrected chi connectivity index (χ2v) is 3.96. The Kier molecular flexibility index (Phi) is 2.38. The molecule has 0 amide bonds. The van der Waals surface area contributed by atoms with Gasteiger partial charge >= 0.3 is 0 Å². The average Bonchev–Trinajstić information content (AvgIpc) is 2.48. The van der Waals surface area contributed by atoms with E-state index in [1.165, 1.54) is 5.56 Å². The van der Waals surface area contributed by atoms with E-state index in [2.05, 4.69) is 24.0 Å². The molecule has 0 saturated carbocycles. The maximum absolute atomic E-state index is 11.7. The van der Waals surface area contributed by atoms with Crippen LogP contribution in [-0.2, 0) is 4.79 Å². The molecule has 0 aliphatic carbocycles. The van der Waals surface area contributed by atoms with Crippen LogP contribution >= 0.6 is 0 Å². The van der Waals surface area contributed by atoms with E-state index < -0.39 is 0 Å². The normalized spacial score (nSPS) is 23.0. The molecule has 2 rings (SSSR count). The van der Waals surface area contributed by atoms with Gasteiger partial charge in [0.25, 0.3) is 0 Å². The van der Waals surface area contributed by atoms with Gasteiger partial charge in [-0.2, -0.15) is 0 Å². The van der Waals surface area contributed by atoms with Crippen molar-refractivity contribution in [1.29, 1.82) is 0 Å². The first-order valence-electron chi connectivity index (χ1n) is 4.98. The third-order valence-electron chi connectivity index (χ3n) is 2.94. The number of hydrogen-bond acceptors (Lipinski definition) is 2. The van der Waals surface area contributed by atoms with Crippen LogP contribution in [0.4, 0.5) is 0 Å². The first-order chi connectivity index (χ1) is 6.70. The lowest BCUT2D eigenvalue weighted by Gasteiger charge is -2.19. The maximum atomic E-state index is 11.7. The number of aryl methyl sites for hydroxylation is 1. The zero-order valence-corrected chi connectivity index (χ0v) is 8.66. The summed E-state index contributed by atoms with van der Waals surface area (Å²) >= 11 is 0. The van der Waals surface area contributed by atoms with Gasteiger partial charge in [-0.1, -0.05) is 24.3 Å². The third-order valence-corrected chi connectivity index (χ3v) is 2.94. The number of hydrogen-bond donors (Lipinski definition) is 0. The minimum Gasteiger partial charge on any atom is -0.297 e. The van der Waals surface area contributed by atoms with Crippen molar-refractivity contribution >= 4 is 5.78 Å². The van der Waals surface area contributed by atoms with E-state index in [1.54, 1.807) is 0 Å². The van der Waals surface area contributed by atoms with E-state index in [-0.39, 0.29) is 6.04 Å². The number of benzene rings is 1. The lowest BCUT2D eigenvalue weighted by molar-refractivity contribution is -0.119. The molecule has 1 fully saturated rings. The molecular formula is C12H15NO. The van der Waals surface area contributed by atoms with Crippen molar-refractivity contribution in [3.8, 4) is 0 Å². The fourth-order valence-electron chi connectivity index (χ4n) is 2.10. The van der Waals surface area contributed by atoms with E-state index >= 15 is 0 Å². The van der Waals surface area contributed by atoms with Gasteiger partial charge in [0, 0.05) is 13.0 Å². The minimum absolute atomic E-state index is 0.00352. The fourth-order valence-corrected chi connectivity index (χ4v) is 2.10. The molecule has 1 saturated heterocycles. The van der Waals surface area contributed by atoms with E-state index in [0.717, 1.165) is 12.1 Å². The van der Waals surface area contributed by atoms with Gasteiger partial charge in [-0.05, 0) is 25.1 Å². The molecule has 0 radical (unpaired) electrons. The molecule has 14 heavy (non-hydrogen) atoms. The number of rotatable bonds is 1. The Hall–Kier alpha value is -1.15. The van der Waals surface area contributed by atoms with E-state index in [0.29, 0.717) is 12.2 Å². The quantitative estimate of drug-likeness (QED) is 0.673. The Bertz CT molecular complexity index is 359. The summed E-state index contributed by atoms with van der Waals surface area (Å²) in [6, 6.07) is 8.13. The Balaban J connectivity index is 2.39. The zero-order chi connectivity index (χ0) is 10.1. The highest BCUT2D eigenvalue weighted by atomic mass is 16.1. The summed E-state index contributed by atoms with van der Waals surface area (Å²) in [5.41, 5.74) is 2.37. The van der Waals surface area contributed by atoms with Crippen LogP contribution in [0.25, 0.3) is 0 Å². The summed E-state index contributed by atoms with van der Waals surface area (Å²) in [6.07, 6.45) is 0.690. The monoisotopic (exact) mass is 189 g/mol. The van der Waals surface area contributed by atoms with E-state index in [9.17, 15) is 4.79 Å². The number of carbonyl (C=O) groups is 1. The second-order valence-electron chi connectivity index (χ2n) is 3.96. The largest absolute Gasteiger partial charge is 0.297 e. The average molecular weight is 189 g/mol. The first kappa shape index (κ1) is 9.41. The second kappa shape index (κ2) is 3.54. The summed E-state index contributed by atoms with van der Waals surface area (Å²) in [4.78, 5) is 13.8. The van der Waals surface area contributed by atoms with Crippen LogP contribution in [0.2, 0.25) is 0 Å². The Morgan fingerprint density at radius 1 is 1.36 bits per heavy atom. The number of Topliss-reactive ketones (excluding diaryl/α,β-unsaturated/α-hetero) is 1. The van der Waals surface area contributed by atoms with Crippen LogP contribution in [0.1, 0.15) is 23.6 Å². The first-order valence-corrected chi connectivity index (χ1v) is 4.98. The Morgan fingerprint density at radius 3 is 2.64 bits per heavy atom. The highest BCUT2D eigenvalue weighted by Gasteiger charge is 2.31. The van der Waals surface area contributed by atoms with Gasteiger partial charge in [-0.3, -0.25) is 9.69 Å². The predicted octanol–water partition coefficient (Wildman–Crippen LogP) is 1.94. The molecule has 0 spiro atoms. The standard InChI is InChI=1S/C12H15NO/c1-9-5-3-4-6-10(9)12-11(14)7-8-13(12)2/h3-6,12H,7-8H2,1-2H3. The van der Waals surface area contributed by atoms with Crippen molar-refractivity contribution in [2.45, 2.75) is 19.4 Å². The van der Waals surface area contributed by atoms with Crippen molar-refractivity contribution in [3.63, 3.8) is 0 Å².